The Morgan fingerprint density at radius 1 is 1.16 bits per heavy atom. The molecule has 12 nitrogen and oxygen atoms in total. The van der Waals surface area contributed by atoms with Crippen molar-refractivity contribution >= 4 is 23.6 Å². The Balaban J connectivity index is 2.60. The van der Waals surface area contributed by atoms with E-state index < -0.39 is 53.9 Å². The van der Waals surface area contributed by atoms with E-state index >= 15 is 0 Å². The number of nitrogens with one attached hydrogen (secondary N) is 2. The molecule has 12 heteroatoms. The minimum absolute atomic E-state index is 0.114. The predicted octanol–water partition coefficient (Wildman–Crippen LogP) is 1.91. The number of methoxy groups -OCH3 is 2. The molecule has 0 aromatic heterocycles. The number of nitrogens with two attached hydrogens (primary N) is 1. The number of hydrogen-bond acceptors (Lipinski definition) is 10. The maximum absolute atomic E-state index is 13.7. The molecule has 1 heterocycles. The van der Waals surface area contributed by atoms with E-state index in [4.69, 9.17) is 19.9 Å². The minimum atomic E-state index is -0.997. The number of Topliss-reactive ketones (excluding diaryl/α,β-unsaturated/α-hetero) is 1. The quantitative estimate of drug-likeness (QED) is 0.245. The van der Waals surface area contributed by atoms with Gasteiger partial charge in [0, 0.05) is 50.4 Å². The van der Waals surface area contributed by atoms with Crippen molar-refractivity contribution in [1.82, 2.24) is 15.5 Å². The van der Waals surface area contributed by atoms with Crippen molar-refractivity contribution in [3.05, 3.63) is 58.5 Å². The fraction of sp³-hybridized carbons (Fsp3) is 0.562. The van der Waals surface area contributed by atoms with E-state index in [1.165, 1.54) is 20.3 Å². The number of aliphatic hydroxyl groups excluding tert-OH is 1. The zero-order valence-electron chi connectivity index (χ0n) is 27.0. The standard InChI is InChI=1S/C32H48N4O8/c1-18-14-22-27(34-12-13-36(5)6)24(37)17-23(29(22)39)35-31(40)19(2)10-9-11-25(42-7)30(44-32(33)41)21(4)16-20(3)28(38)26(15-18)43-8/h9-11,16-18,20,25-26,28,30,34,38H,12-15H2,1-8H3,(H2,33,41)(H,35,40)/b11-9-,19-10+,21-16+/t18-,20+,25-,26-,28-,30-/m1/s1. The zero-order valence-corrected chi connectivity index (χ0v) is 27.0. The Labute approximate surface area is 260 Å². The number of hydrogen-bond donors (Lipinski definition) is 4. The summed E-state index contributed by atoms with van der Waals surface area (Å²) in [6, 6.07) is 0. The topological polar surface area (TPSA) is 170 Å². The van der Waals surface area contributed by atoms with E-state index in [9.17, 15) is 24.3 Å². The maximum Gasteiger partial charge on any atom is 0.405 e. The maximum atomic E-state index is 13.7. The number of allylic oxidation sites excluding steroid dienone is 4. The first-order chi connectivity index (χ1) is 20.7. The molecule has 2 bridgehead atoms. The second-order valence-electron chi connectivity index (χ2n) is 11.7. The predicted molar refractivity (Wildman–Crippen MR) is 166 cm³/mol. The first kappa shape index (κ1) is 36.6. The molecule has 2 amide bonds. The normalized spacial score (nSPS) is 31.0. The number of carbonyl (C=O) groups excluding carboxylic acids is 4. The molecule has 0 radical (unpaired) electrons. The molecule has 244 valence electrons. The minimum Gasteiger partial charge on any atom is -0.439 e. The molecule has 1 aliphatic heterocycles. The number of ether oxygens (including phenoxy) is 3. The van der Waals surface area contributed by atoms with Gasteiger partial charge in [-0.15, -0.1) is 0 Å². The molecule has 44 heavy (non-hydrogen) atoms. The SMILES string of the molecule is CO[C@@H]1/C=C\C=C(/C)C(=O)NC2=CC(=O)C(NCCN(C)C)=C(C[C@@H](C)C[C@@H](OC)[C@H](O)[C@@H](C)/C=C(\C)[C@H]1OC(N)=O)C2=O. The second-order valence-corrected chi connectivity index (χ2v) is 11.7. The van der Waals surface area contributed by atoms with Crippen LogP contribution in [0, 0.1) is 11.8 Å². The number of nitrogens with zero attached hydrogens (tertiary/aromatic N) is 1. The van der Waals surface area contributed by atoms with Gasteiger partial charge in [-0.3, -0.25) is 14.4 Å². The van der Waals surface area contributed by atoms with Gasteiger partial charge in [0.2, 0.25) is 11.6 Å². The van der Waals surface area contributed by atoms with E-state index in [1.54, 1.807) is 32.1 Å². The molecule has 0 spiro atoms. The van der Waals surface area contributed by atoms with Gasteiger partial charge in [-0.05, 0) is 52.3 Å². The number of primary amides is 1. The molecular weight excluding hydrogens is 568 g/mol. The molecule has 5 N–H and O–H groups in total. The fourth-order valence-corrected chi connectivity index (χ4v) is 5.18. The Morgan fingerprint density at radius 2 is 1.84 bits per heavy atom. The van der Waals surface area contributed by atoms with E-state index in [0.29, 0.717) is 25.1 Å². The lowest BCUT2D eigenvalue weighted by Gasteiger charge is -2.30. The van der Waals surface area contributed by atoms with Crippen molar-refractivity contribution in [1.29, 1.82) is 0 Å². The van der Waals surface area contributed by atoms with Crippen LogP contribution in [0.2, 0.25) is 0 Å². The van der Waals surface area contributed by atoms with Crippen LogP contribution in [-0.2, 0) is 28.6 Å². The van der Waals surface area contributed by atoms with Gasteiger partial charge in [0.05, 0.1) is 23.6 Å². The lowest BCUT2D eigenvalue weighted by atomic mass is 9.85. The van der Waals surface area contributed by atoms with Crippen LogP contribution in [0.3, 0.4) is 0 Å². The summed E-state index contributed by atoms with van der Waals surface area (Å²) in [5.41, 5.74) is 6.55. The highest BCUT2D eigenvalue weighted by Gasteiger charge is 2.33. The van der Waals surface area contributed by atoms with Crippen molar-refractivity contribution in [3.8, 4) is 0 Å². The third kappa shape index (κ3) is 10.3. The summed E-state index contributed by atoms with van der Waals surface area (Å²) >= 11 is 0. The number of rotatable bonds is 7. The van der Waals surface area contributed by atoms with Crippen LogP contribution in [0.4, 0.5) is 4.79 Å². The molecule has 1 aliphatic carbocycles. The molecule has 6 atom stereocenters. The largest absolute Gasteiger partial charge is 0.439 e. The van der Waals surface area contributed by atoms with Gasteiger partial charge < -0.3 is 40.6 Å². The zero-order chi connectivity index (χ0) is 33.1. The van der Waals surface area contributed by atoms with Crippen LogP contribution >= 0.6 is 0 Å². The molecule has 0 fully saturated rings. The lowest BCUT2D eigenvalue weighted by Crippen LogP contribution is -2.38. The number of carbonyl (C=O) groups is 4. The number of aliphatic hydroxyl groups is 1. The van der Waals surface area contributed by atoms with Crippen molar-refractivity contribution in [2.24, 2.45) is 17.6 Å². The van der Waals surface area contributed by atoms with Crippen molar-refractivity contribution < 1.29 is 38.5 Å². The second kappa shape index (κ2) is 17.0. The van der Waals surface area contributed by atoms with Gasteiger partial charge >= 0.3 is 6.09 Å². The Morgan fingerprint density at radius 3 is 2.43 bits per heavy atom. The Hall–Kier alpha value is -3.58. The summed E-state index contributed by atoms with van der Waals surface area (Å²) in [6.07, 6.45) is 3.88. The fourth-order valence-electron chi connectivity index (χ4n) is 5.18. The smallest absolute Gasteiger partial charge is 0.405 e. The van der Waals surface area contributed by atoms with Gasteiger partial charge in [0.1, 0.15) is 6.10 Å². The average Bonchev–Trinajstić information content (AvgIpc) is 2.95. The van der Waals surface area contributed by atoms with E-state index in [2.05, 4.69) is 10.6 Å². The highest BCUT2D eigenvalue weighted by atomic mass is 16.6. The molecular formula is C32H48N4O8. The molecule has 0 aromatic rings. The van der Waals surface area contributed by atoms with Crippen LogP contribution < -0.4 is 16.4 Å². The van der Waals surface area contributed by atoms with E-state index in [-0.39, 0.29) is 34.9 Å². The van der Waals surface area contributed by atoms with Crippen LogP contribution in [0.1, 0.15) is 40.5 Å². The van der Waals surface area contributed by atoms with Crippen LogP contribution in [0.5, 0.6) is 0 Å². The molecule has 0 aromatic carbocycles. The summed E-state index contributed by atoms with van der Waals surface area (Å²) in [5, 5.41) is 17.0. The van der Waals surface area contributed by atoms with Gasteiger partial charge in [-0.1, -0.05) is 38.2 Å². The Bertz CT molecular complexity index is 1230. The van der Waals surface area contributed by atoms with Crippen LogP contribution in [-0.4, -0.2) is 99.4 Å². The summed E-state index contributed by atoms with van der Waals surface area (Å²) in [6.45, 7) is 8.09. The van der Waals surface area contributed by atoms with Crippen LogP contribution in [0.15, 0.2) is 58.5 Å². The third-order valence-electron chi connectivity index (χ3n) is 7.65. The summed E-state index contributed by atoms with van der Waals surface area (Å²) in [4.78, 5) is 53.7. The highest BCUT2D eigenvalue weighted by Crippen LogP contribution is 2.28. The van der Waals surface area contributed by atoms with E-state index in [0.717, 1.165) is 6.08 Å². The molecule has 0 saturated carbocycles. The highest BCUT2D eigenvalue weighted by molar-refractivity contribution is 6.23. The van der Waals surface area contributed by atoms with Gasteiger partial charge in [-0.2, -0.15) is 0 Å². The van der Waals surface area contributed by atoms with E-state index in [1.807, 2.05) is 32.8 Å². The average molecular weight is 617 g/mol. The summed E-state index contributed by atoms with van der Waals surface area (Å²) < 4.78 is 16.6. The number of amides is 2. The molecule has 0 saturated heterocycles. The molecule has 2 rings (SSSR count). The third-order valence-corrected chi connectivity index (χ3v) is 7.65. The van der Waals surface area contributed by atoms with Crippen LogP contribution in [0.25, 0.3) is 0 Å². The van der Waals surface area contributed by atoms with Gasteiger partial charge in [-0.25, -0.2) is 4.79 Å². The number of fused-ring (bicyclic) bond motifs is 2. The number of likely N-dealkylation sites (N-methyl/N-ethyl adjacent to an activating group) is 1. The van der Waals surface area contributed by atoms with Crippen molar-refractivity contribution in [3.63, 3.8) is 0 Å². The molecule has 0 unspecified atom stereocenters. The number of ketones is 2. The summed E-state index contributed by atoms with van der Waals surface area (Å²) in [7, 11) is 6.74. The molecule has 2 aliphatic rings. The van der Waals surface area contributed by atoms with Gasteiger partial charge in [0.15, 0.2) is 6.10 Å². The van der Waals surface area contributed by atoms with Crippen molar-refractivity contribution in [2.75, 3.05) is 41.4 Å². The first-order valence-electron chi connectivity index (χ1n) is 14.7. The lowest BCUT2D eigenvalue weighted by molar-refractivity contribution is -0.120. The first-order valence-corrected chi connectivity index (χ1v) is 14.7. The van der Waals surface area contributed by atoms with Crippen molar-refractivity contribution in [2.45, 2.75) is 65.0 Å². The monoisotopic (exact) mass is 616 g/mol. The summed E-state index contributed by atoms with van der Waals surface area (Å²) in [5.74, 6) is -2.06. The Kier molecular flexibility index (Phi) is 14.2. The van der Waals surface area contributed by atoms with Gasteiger partial charge in [0.25, 0.3) is 5.91 Å².